The van der Waals surface area contributed by atoms with E-state index in [0.29, 0.717) is 27.8 Å². The predicted octanol–water partition coefficient (Wildman–Crippen LogP) is 5.19. The molecule has 0 aromatic carbocycles. The second-order valence-electron chi connectivity index (χ2n) is 10.3. The molecular formula is C20H32O. The van der Waals surface area contributed by atoms with Crippen molar-refractivity contribution in [3.8, 4) is 0 Å². The van der Waals surface area contributed by atoms with Crippen molar-refractivity contribution in [1.82, 2.24) is 0 Å². The van der Waals surface area contributed by atoms with E-state index >= 15 is 0 Å². The van der Waals surface area contributed by atoms with Crippen molar-refractivity contribution < 1.29 is 4.74 Å². The van der Waals surface area contributed by atoms with Gasteiger partial charge in [-0.2, -0.15) is 0 Å². The average molecular weight is 288 g/mol. The molecule has 1 saturated heterocycles. The normalized spacial score (nSPS) is 66.4. The van der Waals surface area contributed by atoms with Gasteiger partial charge >= 0.3 is 0 Å². The lowest BCUT2D eigenvalue weighted by Crippen LogP contribution is -2.71. The van der Waals surface area contributed by atoms with Gasteiger partial charge in [-0.25, -0.2) is 0 Å². The summed E-state index contributed by atoms with van der Waals surface area (Å²) in [6.45, 7) is 13.0. The Bertz CT molecular complexity index is 524. The van der Waals surface area contributed by atoms with Crippen molar-refractivity contribution in [2.24, 2.45) is 33.5 Å². The summed E-state index contributed by atoms with van der Waals surface area (Å²) >= 11 is 0. The molecule has 0 radical (unpaired) electrons. The zero-order chi connectivity index (χ0) is 14.9. The van der Waals surface area contributed by atoms with Crippen molar-refractivity contribution in [2.45, 2.75) is 91.3 Å². The largest absolute Gasteiger partial charge is 0.371 e. The topological polar surface area (TPSA) is 9.23 Å². The van der Waals surface area contributed by atoms with Crippen LogP contribution in [0.1, 0.15) is 79.6 Å². The number of hydrogen-bond acceptors (Lipinski definition) is 1. The van der Waals surface area contributed by atoms with Crippen LogP contribution < -0.4 is 0 Å². The van der Waals surface area contributed by atoms with E-state index in [4.69, 9.17) is 4.74 Å². The molecule has 4 aliphatic carbocycles. The van der Waals surface area contributed by atoms with E-state index in [1.165, 1.54) is 44.9 Å². The Balaban J connectivity index is 1.87. The van der Waals surface area contributed by atoms with E-state index in [1.807, 2.05) is 0 Å². The maximum atomic E-state index is 6.95. The Morgan fingerprint density at radius 3 is 2.43 bits per heavy atom. The predicted molar refractivity (Wildman–Crippen MR) is 85.0 cm³/mol. The van der Waals surface area contributed by atoms with Gasteiger partial charge in [0.1, 0.15) is 0 Å². The van der Waals surface area contributed by atoms with Crippen LogP contribution in [0.15, 0.2) is 0 Å². The van der Waals surface area contributed by atoms with Gasteiger partial charge in [-0.05, 0) is 80.0 Å². The third kappa shape index (κ3) is 0.982. The molecule has 1 heterocycles. The first-order chi connectivity index (χ1) is 9.74. The summed E-state index contributed by atoms with van der Waals surface area (Å²) in [5.41, 5.74) is 2.22. The van der Waals surface area contributed by atoms with Gasteiger partial charge in [-0.3, -0.25) is 0 Å². The zero-order valence-electron chi connectivity index (χ0n) is 14.6. The Hall–Kier alpha value is -0.0400. The summed E-state index contributed by atoms with van der Waals surface area (Å²) < 4.78 is 6.95. The molecule has 118 valence electrons. The molecule has 1 nitrogen and oxygen atoms in total. The van der Waals surface area contributed by atoms with Crippen molar-refractivity contribution in [2.75, 3.05) is 0 Å². The summed E-state index contributed by atoms with van der Waals surface area (Å²) in [5, 5.41) is 0. The highest BCUT2D eigenvalue weighted by molar-refractivity contribution is 5.34. The van der Waals surface area contributed by atoms with Crippen LogP contribution in [0.5, 0.6) is 0 Å². The molecule has 0 amide bonds. The number of fused-ring (bicyclic) bond motifs is 2. The molecule has 0 unspecified atom stereocenters. The van der Waals surface area contributed by atoms with Gasteiger partial charge in [-0.15, -0.1) is 0 Å². The van der Waals surface area contributed by atoms with E-state index in [2.05, 4.69) is 34.6 Å². The molecule has 0 N–H and O–H groups in total. The second-order valence-corrected chi connectivity index (χ2v) is 10.3. The maximum Gasteiger partial charge on any atom is 0.0725 e. The van der Waals surface area contributed by atoms with Gasteiger partial charge in [0, 0.05) is 5.41 Å². The molecule has 2 spiro atoms. The highest BCUT2D eigenvalue weighted by Gasteiger charge is 2.86. The highest BCUT2D eigenvalue weighted by Crippen LogP contribution is 2.89. The fourth-order valence-corrected chi connectivity index (χ4v) is 9.43. The summed E-state index contributed by atoms with van der Waals surface area (Å²) in [7, 11) is 0. The molecule has 7 atom stereocenters. The van der Waals surface area contributed by atoms with Crippen molar-refractivity contribution >= 4 is 0 Å². The summed E-state index contributed by atoms with van der Waals surface area (Å²) in [5.74, 6) is 1.71. The van der Waals surface area contributed by atoms with Gasteiger partial charge in [0.2, 0.25) is 0 Å². The Labute approximate surface area is 130 Å². The van der Waals surface area contributed by atoms with E-state index in [0.717, 1.165) is 11.8 Å². The molecule has 0 aromatic heterocycles. The second kappa shape index (κ2) is 3.25. The van der Waals surface area contributed by atoms with Gasteiger partial charge in [0.25, 0.3) is 0 Å². The van der Waals surface area contributed by atoms with E-state index in [9.17, 15) is 0 Å². The van der Waals surface area contributed by atoms with Crippen LogP contribution in [-0.2, 0) is 4.74 Å². The first kappa shape index (κ1) is 13.4. The maximum absolute atomic E-state index is 6.95. The number of ether oxygens (including phenoxy) is 1. The van der Waals surface area contributed by atoms with E-state index in [1.54, 1.807) is 0 Å². The summed E-state index contributed by atoms with van der Waals surface area (Å²) in [4.78, 5) is 0. The SMILES string of the molecule is C[C@@H]1[C@@H]2CC[C@@]3(C)CC[C@]45C(C)(C)[C@@H](CC[C@]4(C)O2)C[C@]135. The minimum Gasteiger partial charge on any atom is -0.371 e. The molecule has 0 aromatic rings. The molecule has 5 fully saturated rings. The number of hydrogen-bond donors (Lipinski definition) is 0. The van der Waals surface area contributed by atoms with Crippen LogP contribution in [0.25, 0.3) is 0 Å². The smallest absolute Gasteiger partial charge is 0.0725 e. The Morgan fingerprint density at radius 2 is 1.67 bits per heavy atom. The van der Waals surface area contributed by atoms with Gasteiger partial charge in [0.05, 0.1) is 11.7 Å². The molecule has 1 aliphatic heterocycles. The minimum absolute atomic E-state index is 0.152. The molecule has 4 saturated carbocycles. The first-order valence-corrected chi connectivity index (χ1v) is 9.42. The minimum atomic E-state index is 0.152. The van der Waals surface area contributed by atoms with Gasteiger partial charge in [-0.1, -0.05) is 27.7 Å². The van der Waals surface area contributed by atoms with Crippen molar-refractivity contribution in [1.29, 1.82) is 0 Å². The Kier molecular flexibility index (Phi) is 2.08. The van der Waals surface area contributed by atoms with Crippen LogP contribution >= 0.6 is 0 Å². The van der Waals surface area contributed by atoms with E-state index in [-0.39, 0.29) is 5.60 Å². The van der Waals surface area contributed by atoms with Gasteiger partial charge in [0.15, 0.2) is 0 Å². The quantitative estimate of drug-likeness (QED) is 0.596. The molecule has 1 heteroatoms. The molecule has 5 aliphatic rings. The molecule has 5 rings (SSSR count). The standard InChI is InChI=1S/C20H32O/c1-13-15-7-8-17(4)10-11-20-16(2,3)14(12-19(13,17)20)6-9-18(20,5)21-15/h13-15H,6-12H2,1-5H3/t13-,14+,15+,17+,18+,19+,20+/m1/s1. The van der Waals surface area contributed by atoms with Crippen LogP contribution in [0.2, 0.25) is 0 Å². The zero-order valence-corrected chi connectivity index (χ0v) is 14.6. The van der Waals surface area contributed by atoms with Crippen LogP contribution in [-0.4, -0.2) is 11.7 Å². The number of rotatable bonds is 0. The monoisotopic (exact) mass is 288 g/mol. The fourth-order valence-electron chi connectivity index (χ4n) is 9.43. The lowest BCUT2D eigenvalue weighted by molar-refractivity contribution is -0.328. The third-order valence-corrected chi connectivity index (χ3v) is 10.2. The summed E-state index contributed by atoms with van der Waals surface area (Å²) in [6.07, 6.45) is 10.4. The van der Waals surface area contributed by atoms with Crippen LogP contribution in [0, 0.1) is 33.5 Å². The molecule has 4 bridgehead atoms. The van der Waals surface area contributed by atoms with Crippen molar-refractivity contribution in [3.05, 3.63) is 0 Å². The van der Waals surface area contributed by atoms with Crippen molar-refractivity contribution in [3.63, 3.8) is 0 Å². The Morgan fingerprint density at radius 1 is 0.905 bits per heavy atom. The van der Waals surface area contributed by atoms with Crippen LogP contribution in [0.4, 0.5) is 0 Å². The van der Waals surface area contributed by atoms with Crippen LogP contribution in [0.3, 0.4) is 0 Å². The first-order valence-electron chi connectivity index (χ1n) is 9.42. The van der Waals surface area contributed by atoms with Gasteiger partial charge < -0.3 is 4.74 Å². The fraction of sp³-hybridized carbons (Fsp3) is 1.00. The molecular weight excluding hydrogens is 256 g/mol. The lowest BCUT2D eigenvalue weighted by Gasteiger charge is -2.71. The third-order valence-electron chi connectivity index (χ3n) is 10.2. The highest BCUT2D eigenvalue weighted by atomic mass is 16.5. The molecule has 21 heavy (non-hydrogen) atoms. The summed E-state index contributed by atoms with van der Waals surface area (Å²) in [6, 6.07) is 0. The lowest BCUT2D eigenvalue weighted by atomic mass is 9.39. The average Bonchev–Trinajstić information content (AvgIpc) is 2.78. The van der Waals surface area contributed by atoms with E-state index < -0.39 is 0 Å².